The topological polar surface area (TPSA) is 37.3 Å². The number of halogens is 1. The van der Waals surface area contributed by atoms with Crippen molar-refractivity contribution >= 4 is 21.7 Å². The van der Waals surface area contributed by atoms with Crippen LogP contribution < -0.4 is 0 Å². The molecule has 0 amide bonds. The maximum atomic E-state index is 11.8. The van der Waals surface area contributed by atoms with Gasteiger partial charge in [-0.3, -0.25) is 4.79 Å². The first-order valence-electron chi connectivity index (χ1n) is 5.12. The molecule has 1 unspecified atom stereocenters. The number of carbonyl (C=O) groups is 1. The van der Waals surface area contributed by atoms with Crippen LogP contribution in [0.4, 0.5) is 0 Å². The molecule has 1 rings (SSSR count). The fourth-order valence-electron chi connectivity index (χ4n) is 1.32. The predicted molar refractivity (Wildman–Crippen MR) is 64.7 cm³/mol. The summed E-state index contributed by atoms with van der Waals surface area (Å²) < 4.78 is 0. The van der Waals surface area contributed by atoms with Gasteiger partial charge in [0, 0.05) is 5.56 Å². The molecule has 0 aliphatic heterocycles. The number of Topliss-reactive ketones (excluding diaryl/α,β-unsaturated/α-hetero) is 1. The van der Waals surface area contributed by atoms with Gasteiger partial charge < -0.3 is 5.11 Å². The third-order valence-electron chi connectivity index (χ3n) is 2.25. The molecule has 1 atom stereocenters. The molecule has 1 aromatic carbocycles. The van der Waals surface area contributed by atoms with Crippen molar-refractivity contribution in [3.63, 3.8) is 0 Å². The van der Waals surface area contributed by atoms with Gasteiger partial charge in [-0.25, -0.2) is 0 Å². The van der Waals surface area contributed by atoms with Gasteiger partial charge in [-0.05, 0) is 30.7 Å². The molecule has 82 valence electrons. The molecule has 0 heterocycles. The Morgan fingerprint density at radius 1 is 1.40 bits per heavy atom. The molecular weight excluding hydrogens is 256 g/mol. The summed E-state index contributed by atoms with van der Waals surface area (Å²) in [6.45, 7) is 2.10. The standard InChI is InChI=1S/C12H15BrO2/c1-2-3-4-11(13)12(15)9-5-7-10(14)8-6-9/h5-8,11,14H,2-4H2,1H3. The van der Waals surface area contributed by atoms with E-state index in [9.17, 15) is 4.79 Å². The van der Waals surface area contributed by atoms with E-state index in [1.165, 1.54) is 12.1 Å². The van der Waals surface area contributed by atoms with Crippen LogP contribution in [-0.4, -0.2) is 15.7 Å². The summed E-state index contributed by atoms with van der Waals surface area (Å²) in [6.07, 6.45) is 2.99. The van der Waals surface area contributed by atoms with E-state index in [0.717, 1.165) is 19.3 Å². The lowest BCUT2D eigenvalue weighted by Gasteiger charge is -2.07. The Labute approximate surface area is 98.4 Å². The van der Waals surface area contributed by atoms with Crippen LogP contribution in [0.15, 0.2) is 24.3 Å². The van der Waals surface area contributed by atoms with Crippen LogP contribution in [0, 0.1) is 0 Å². The zero-order chi connectivity index (χ0) is 11.3. The van der Waals surface area contributed by atoms with Crippen LogP contribution in [0.25, 0.3) is 0 Å². The Bertz CT molecular complexity index is 319. The molecule has 0 bridgehead atoms. The summed E-state index contributed by atoms with van der Waals surface area (Å²) in [7, 11) is 0. The second-order valence-electron chi connectivity index (χ2n) is 3.52. The van der Waals surface area contributed by atoms with Gasteiger partial charge in [-0.15, -0.1) is 0 Å². The van der Waals surface area contributed by atoms with E-state index in [2.05, 4.69) is 22.9 Å². The maximum Gasteiger partial charge on any atom is 0.176 e. The predicted octanol–water partition coefficient (Wildman–Crippen LogP) is 3.53. The summed E-state index contributed by atoms with van der Waals surface area (Å²) in [4.78, 5) is 11.7. The van der Waals surface area contributed by atoms with Crippen molar-refractivity contribution < 1.29 is 9.90 Å². The molecule has 0 aromatic heterocycles. The second kappa shape index (κ2) is 5.91. The van der Waals surface area contributed by atoms with Crippen molar-refractivity contribution in [2.24, 2.45) is 0 Å². The Hall–Kier alpha value is -0.830. The van der Waals surface area contributed by atoms with Crippen LogP contribution in [-0.2, 0) is 0 Å². The van der Waals surface area contributed by atoms with Gasteiger partial charge in [0.15, 0.2) is 5.78 Å². The van der Waals surface area contributed by atoms with E-state index in [0.29, 0.717) is 5.56 Å². The third-order valence-corrected chi connectivity index (χ3v) is 3.12. The molecule has 0 aliphatic carbocycles. The van der Waals surface area contributed by atoms with Gasteiger partial charge in [0.25, 0.3) is 0 Å². The first kappa shape index (κ1) is 12.2. The number of aromatic hydroxyl groups is 1. The average Bonchev–Trinajstić information content (AvgIpc) is 2.26. The van der Waals surface area contributed by atoms with E-state index in [1.807, 2.05) is 0 Å². The fourth-order valence-corrected chi connectivity index (χ4v) is 1.91. The van der Waals surface area contributed by atoms with Crippen molar-refractivity contribution in [3.05, 3.63) is 29.8 Å². The van der Waals surface area contributed by atoms with Crippen molar-refractivity contribution in [1.82, 2.24) is 0 Å². The molecule has 0 saturated carbocycles. The lowest BCUT2D eigenvalue weighted by Crippen LogP contribution is -2.13. The molecule has 1 aromatic rings. The van der Waals surface area contributed by atoms with Crippen LogP contribution in [0.3, 0.4) is 0 Å². The summed E-state index contributed by atoms with van der Waals surface area (Å²) in [5.74, 6) is 0.273. The van der Waals surface area contributed by atoms with Gasteiger partial charge in [0.05, 0.1) is 4.83 Å². The molecule has 3 heteroatoms. The van der Waals surface area contributed by atoms with Crippen molar-refractivity contribution in [3.8, 4) is 5.75 Å². The Kier molecular flexibility index (Phi) is 4.82. The monoisotopic (exact) mass is 270 g/mol. The Balaban J connectivity index is 2.63. The van der Waals surface area contributed by atoms with Gasteiger partial charge >= 0.3 is 0 Å². The minimum atomic E-state index is -0.109. The quantitative estimate of drug-likeness (QED) is 0.657. The maximum absolute atomic E-state index is 11.8. The van der Waals surface area contributed by atoms with Crippen molar-refractivity contribution in [1.29, 1.82) is 0 Å². The first-order chi connectivity index (χ1) is 7.15. The third kappa shape index (κ3) is 3.67. The number of rotatable bonds is 5. The highest BCUT2D eigenvalue weighted by molar-refractivity contribution is 9.10. The van der Waals surface area contributed by atoms with E-state index >= 15 is 0 Å². The second-order valence-corrected chi connectivity index (χ2v) is 4.63. The zero-order valence-electron chi connectivity index (χ0n) is 8.74. The number of phenols is 1. The normalized spacial score (nSPS) is 12.4. The number of phenolic OH excluding ortho intramolecular Hbond substituents is 1. The number of unbranched alkanes of at least 4 members (excludes halogenated alkanes) is 1. The number of ketones is 1. The molecular formula is C12H15BrO2. The van der Waals surface area contributed by atoms with E-state index < -0.39 is 0 Å². The van der Waals surface area contributed by atoms with Gasteiger partial charge in [-0.2, -0.15) is 0 Å². The number of hydrogen-bond acceptors (Lipinski definition) is 2. The zero-order valence-corrected chi connectivity index (χ0v) is 10.3. The minimum Gasteiger partial charge on any atom is -0.508 e. The van der Waals surface area contributed by atoms with E-state index in [1.54, 1.807) is 12.1 Å². The van der Waals surface area contributed by atoms with Crippen LogP contribution in [0.1, 0.15) is 36.5 Å². The lowest BCUT2D eigenvalue weighted by molar-refractivity contribution is 0.0988. The highest BCUT2D eigenvalue weighted by atomic mass is 79.9. The largest absolute Gasteiger partial charge is 0.508 e. The SMILES string of the molecule is CCCCC(Br)C(=O)c1ccc(O)cc1. The van der Waals surface area contributed by atoms with E-state index in [-0.39, 0.29) is 16.4 Å². The Morgan fingerprint density at radius 2 is 2.00 bits per heavy atom. The minimum absolute atomic E-state index is 0.0865. The number of benzene rings is 1. The van der Waals surface area contributed by atoms with Crippen molar-refractivity contribution in [2.45, 2.75) is 31.0 Å². The average molecular weight is 271 g/mol. The number of hydrogen-bond donors (Lipinski definition) is 1. The molecule has 0 radical (unpaired) electrons. The molecule has 2 nitrogen and oxygen atoms in total. The molecule has 0 aliphatic rings. The van der Waals surface area contributed by atoms with Gasteiger partial charge in [0.1, 0.15) is 5.75 Å². The van der Waals surface area contributed by atoms with Gasteiger partial charge in [-0.1, -0.05) is 35.7 Å². The van der Waals surface area contributed by atoms with Crippen LogP contribution >= 0.6 is 15.9 Å². The molecule has 0 saturated heterocycles. The number of alkyl halides is 1. The molecule has 15 heavy (non-hydrogen) atoms. The highest BCUT2D eigenvalue weighted by Gasteiger charge is 2.15. The molecule has 0 spiro atoms. The van der Waals surface area contributed by atoms with Crippen LogP contribution in [0.5, 0.6) is 5.75 Å². The highest BCUT2D eigenvalue weighted by Crippen LogP contribution is 2.18. The van der Waals surface area contributed by atoms with E-state index in [4.69, 9.17) is 5.11 Å². The fraction of sp³-hybridized carbons (Fsp3) is 0.417. The summed E-state index contributed by atoms with van der Waals surface area (Å²) in [6, 6.07) is 6.37. The van der Waals surface area contributed by atoms with Gasteiger partial charge in [0.2, 0.25) is 0 Å². The molecule has 1 N–H and O–H groups in total. The van der Waals surface area contributed by atoms with Crippen LogP contribution in [0.2, 0.25) is 0 Å². The summed E-state index contributed by atoms with van der Waals surface area (Å²) in [5.41, 5.74) is 0.644. The lowest BCUT2D eigenvalue weighted by atomic mass is 10.0. The van der Waals surface area contributed by atoms with Crippen molar-refractivity contribution in [2.75, 3.05) is 0 Å². The number of carbonyl (C=O) groups excluding carboxylic acids is 1. The Morgan fingerprint density at radius 3 is 2.53 bits per heavy atom. The molecule has 0 fully saturated rings. The smallest absolute Gasteiger partial charge is 0.176 e. The summed E-state index contributed by atoms with van der Waals surface area (Å²) in [5, 5.41) is 9.10. The summed E-state index contributed by atoms with van der Waals surface area (Å²) >= 11 is 3.39. The first-order valence-corrected chi connectivity index (χ1v) is 6.04.